The Bertz CT molecular complexity index is 858. The summed E-state index contributed by atoms with van der Waals surface area (Å²) in [5.41, 5.74) is 5.07. The van der Waals surface area contributed by atoms with Crippen molar-refractivity contribution < 1.29 is 4.79 Å². The van der Waals surface area contributed by atoms with Crippen LogP contribution in [0.25, 0.3) is 11.1 Å². The molecule has 0 saturated heterocycles. The third-order valence-corrected chi connectivity index (χ3v) is 4.10. The maximum atomic E-state index is 12.0. The molecule has 3 heteroatoms. The van der Waals surface area contributed by atoms with Crippen molar-refractivity contribution in [1.82, 2.24) is 5.32 Å². The Kier molecular flexibility index (Phi) is 3.31. The van der Waals surface area contributed by atoms with E-state index in [4.69, 9.17) is 0 Å². The molecule has 3 nitrogen and oxygen atoms in total. The Labute approximate surface area is 135 Å². The van der Waals surface area contributed by atoms with E-state index >= 15 is 0 Å². The topological polar surface area (TPSA) is 32.3 Å². The van der Waals surface area contributed by atoms with Gasteiger partial charge in [0, 0.05) is 5.69 Å². The van der Waals surface area contributed by atoms with E-state index in [0.717, 1.165) is 16.9 Å². The maximum Gasteiger partial charge on any atom is 0.254 e. The molecule has 1 N–H and O–H groups in total. The van der Waals surface area contributed by atoms with Crippen LogP contribution in [0.2, 0.25) is 0 Å². The first kappa shape index (κ1) is 13.6. The molecule has 112 valence electrons. The standard InChI is InChI=1S/C20H16N2O/c23-20-18-11-4-5-12-19(18)22(14-21-20)17-10-6-9-16(13-17)15-7-2-1-3-8-15/h1-13H,14H2,(H,21,23). The summed E-state index contributed by atoms with van der Waals surface area (Å²) < 4.78 is 0. The van der Waals surface area contributed by atoms with Gasteiger partial charge in [0.25, 0.3) is 5.91 Å². The number of hydrogen-bond donors (Lipinski definition) is 1. The van der Waals surface area contributed by atoms with Crippen LogP contribution in [0.4, 0.5) is 11.4 Å². The van der Waals surface area contributed by atoms with Crippen LogP contribution in [-0.2, 0) is 0 Å². The lowest BCUT2D eigenvalue weighted by atomic mass is 10.0. The number of para-hydroxylation sites is 1. The van der Waals surface area contributed by atoms with E-state index in [1.165, 1.54) is 5.56 Å². The molecule has 0 spiro atoms. The second kappa shape index (κ2) is 5.61. The third-order valence-electron chi connectivity index (χ3n) is 4.10. The van der Waals surface area contributed by atoms with Crippen LogP contribution in [0.15, 0.2) is 78.9 Å². The predicted octanol–water partition coefficient (Wildman–Crippen LogP) is 4.19. The van der Waals surface area contributed by atoms with Crippen LogP contribution in [0.3, 0.4) is 0 Å². The monoisotopic (exact) mass is 300 g/mol. The molecule has 0 fully saturated rings. The van der Waals surface area contributed by atoms with Crippen LogP contribution in [0, 0.1) is 0 Å². The van der Waals surface area contributed by atoms with Crippen molar-refractivity contribution in [3.63, 3.8) is 0 Å². The van der Waals surface area contributed by atoms with Gasteiger partial charge in [-0.05, 0) is 35.4 Å². The summed E-state index contributed by atoms with van der Waals surface area (Å²) >= 11 is 0. The molecule has 0 radical (unpaired) electrons. The fourth-order valence-electron chi connectivity index (χ4n) is 2.95. The van der Waals surface area contributed by atoms with Crippen LogP contribution in [0.5, 0.6) is 0 Å². The fraction of sp³-hybridized carbons (Fsp3) is 0.0500. The van der Waals surface area contributed by atoms with Gasteiger partial charge in [0.1, 0.15) is 0 Å². The highest BCUT2D eigenvalue weighted by Gasteiger charge is 2.23. The zero-order valence-corrected chi connectivity index (χ0v) is 12.6. The summed E-state index contributed by atoms with van der Waals surface area (Å²) in [6.45, 7) is 0.480. The second-order valence-electron chi connectivity index (χ2n) is 5.53. The number of nitrogens with zero attached hydrogens (tertiary/aromatic N) is 1. The van der Waals surface area contributed by atoms with E-state index in [2.05, 4.69) is 46.6 Å². The largest absolute Gasteiger partial charge is 0.334 e. The van der Waals surface area contributed by atoms with Crippen molar-refractivity contribution >= 4 is 17.3 Å². The van der Waals surface area contributed by atoms with Gasteiger partial charge in [0.15, 0.2) is 0 Å². The Morgan fingerprint density at radius 2 is 1.52 bits per heavy atom. The van der Waals surface area contributed by atoms with Gasteiger partial charge in [0.2, 0.25) is 0 Å². The minimum atomic E-state index is -0.0175. The van der Waals surface area contributed by atoms with Crippen LogP contribution in [-0.4, -0.2) is 12.6 Å². The number of fused-ring (bicyclic) bond motifs is 1. The maximum absolute atomic E-state index is 12.0. The molecule has 0 aromatic heterocycles. The molecule has 0 atom stereocenters. The smallest absolute Gasteiger partial charge is 0.254 e. The Hall–Kier alpha value is -3.07. The molecule has 0 saturated carbocycles. The first-order valence-corrected chi connectivity index (χ1v) is 7.63. The SMILES string of the molecule is O=C1NCN(c2cccc(-c3ccccc3)c2)c2ccccc21. The Balaban J connectivity index is 1.78. The highest BCUT2D eigenvalue weighted by Crippen LogP contribution is 2.32. The van der Waals surface area contributed by atoms with Crippen molar-refractivity contribution in [1.29, 1.82) is 0 Å². The number of amides is 1. The van der Waals surface area contributed by atoms with Crippen molar-refractivity contribution in [2.24, 2.45) is 0 Å². The van der Waals surface area contributed by atoms with Gasteiger partial charge in [-0.2, -0.15) is 0 Å². The second-order valence-corrected chi connectivity index (χ2v) is 5.53. The number of rotatable bonds is 2. The van der Waals surface area contributed by atoms with Crippen molar-refractivity contribution in [2.45, 2.75) is 0 Å². The molecular formula is C20H16N2O. The van der Waals surface area contributed by atoms with E-state index in [1.54, 1.807) is 0 Å². The predicted molar refractivity (Wildman–Crippen MR) is 92.8 cm³/mol. The summed E-state index contributed by atoms with van der Waals surface area (Å²) in [5, 5.41) is 2.93. The van der Waals surface area contributed by atoms with E-state index in [1.807, 2.05) is 42.5 Å². The van der Waals surface area contributed by atoms with Gasteiger partial charge < -0.3 is 10.2 Å². The van der Waals surface area contributed by atoms with E-state index in [9.17, 15) is 4.79 Å². The van der Waals surface area contributed by atoms with Gasteiger partial charge in [0.05, 0.1) is 17.9 Å². The van der Waals surface area contributed by atoms with Gasteiger partial charge in [-0.1, -0.05) is 54.6 Å². The minimum Gasteiger partial charge on any atom is -0.334 e. The summed E-state index contributed by atoms with van der Waals surface area (Å²) in [6.07, 6.45) is 0. The first-order valence-electron chi connectivity index (χ1n) is 7.63. The molecule has 0 aliphatic carbocycles. The van der Waals surface area contributed by atoms with E-state index in [0.29, 0.717) is 12.2 Å². The minimum absolute atomic E-state index is 0.0175. The quantitative estimate of drug-likeness (QED) is 0.769. The number of carbonyl (C=O) groups excluding carboxylic acids is 1. The van der Waals surface area contributed by atoms with Gasteiger partial charge in [-0.3, -0.25) is 4.79 Å². The van der Waals surface area contributed by atoms with Gasteiger partial charge in [-0.25, -0.2) is 0 Å². The molecule has 23 heavy (non-hydrogen) atoms. The van der Waals surface area contributed by atoms with Crippen molar-refractivity contribution in [2.75, 3.05) is 11.6 Å². The molecule has 0 unspecified atom stereocenters. The van der Waals surface area contributed by atoms with E-state index < -0.39 is 0 Å². The summed E-state index contributed by atoms with van der Waals surface area (Å²) in [7, 11) is 0. The Morgan fingerprint density at radius 1 is 0.783 bits per heavy atom. The summed E-state index contributed by atoms with van der Waals surface area (Å²) in [4.78, 5) is 14.1. The summed E-state index contributed by atoms with van der Waals surface area (Å²) in [5.74, 6) is -0.0175. The molecule has 1 aliphatic heterocycles. The van der Waals surface area contributed by atoms with Gasteiger partial charge in [-0.15, -0.1) is 0 Å². The molecular weight excluding hydrogens is 284 g/mol. The van der Waals surface area contributed by atoms with Crippen LogP contribution < -0.4 is 10.2 Å². The molecule has 3 aromatic rings. The zero-order chi connectivity index (χ0) is 15.6. The van der Waals surface area contributed by atoms with Crippen LogP contribution >= 0.6 is 0 Å². The first-order chi connectivity index (χ1) is 11.3. The fourth-order valence-corrected chi connectivity index (χ4v) is 2.95. The molecule has 1 heterocycles. The average molecular weight is 300 g/mol. The number of benzene rings is 3. The summed E-state index contributed by atoms with van der Waals surface area (Å²) in [6, 6.07) is 26.4. The number of hydrogen-bond acceptors (Lipinski definition) is 2. The zero-order valence-electron chi connectivity index (χ0n) is 12.6. The van der Waals surface area contributed by atoms with Crippen molar-refractivity contribution in [3.8, 4) is 11.1 Å². The molecule has 0 bridgehead atoms. The number of carbonyl (C=O) groups is 1. The number of nitrogens with one attached hydrogen (secondary N) is 1. The number of anilines is 2. The highest BCUT2D eigenvalue weighted by atomic mass is 16.2. The van der Waals surface area contributed by atoms with Gasteiger partial charge >= 0.3 is 0 Å². The van der Waals surface area contributed by atoms with Crippen LogP contribution in [0.1, 0.15) is 10.4 Å². The lowest BCUT2D eigenvalue weighted by Gasteiger charge is -2.31. The molecule has 3 aromatic carbocycles. The Morgan fingerprint density at radius 3 is 2.39 bits per heavy atom. The lowest BCUT2D eigenvalue weighted by molar-refractivity contribution is 0.0949. The third kappa shape index (κ3) is 2.46. The average Bonchev–Trinajstić information content (AvgIpc) is 2.63. The molecule has 4 rings (SSSR count). The molecule has 1 aliphatic rings. The van der Waals surface area contributed by atoms with Crippen molar-refractivity contribution in [3.05, 3.63) is 84.4 Å². The molecule has 1 amide bonds. The highest BCUT2D eigenvalue weighted by molar-refractivity contribution is 6.02. The van der Waals surface area contributed by atoms with E-state index in [-0.39, 0.29) is 5.91 Å². The normalized spacial score (nSPS) is 13.4. The lowest BCUT2D eigenvalue weighted by Crippen LogP contribution is -2.40.